The van der Waals surface area contributed by atoms with Crippen molar-refractivity contribution in [2.75, 3.05) is 13.7 Å². The van der Waals surface area contributed by atoms with Crippen molar-refractivity contribution in [2.24, 2.45) is 5.92 Å². The average molecular weight is 402 g/mol. The monoisotopic (exact) mass is 401 g/mol. The topological polar surface area (TPSA) is 52.9 Å². The molecule has 0 bridgehead atoms. The third kappa shape index (κ3) is 3.61. The van der Waals surface area contributed by atoms with Crippen molar-refractivity contribution in [2.45, 2.75) is 50.3 Å². The molecule has 0 amide bonds. The molecule has 1 heterocycles. The number of halogens is 1. The van der Waals surface area contributed by atoms with Gasteiger partial charge in [-0.15, -0.1) is 0 Å². The molecule has 0 radical (unpaired) electrons. The van der Waals surface area contributed by atoms with Crippen molar-refractivity contribution in [3.8, 4) is 11.5 Å². The molecule has 1 aliphatic heterocycles. The molecule has 1 saturated heterocycles. The molecule has 5 heteroatoms. The van der Waals surface area contributed by atoms with Gasteiger partial charge in [0.15, 0.2) is 11.5 Å². The number of methoxy groups -OCH3 is 1. The quantitative estimate of drug-likeness (QED) is 0.763. The predicted molar refractivity (Wildman–Crippen MR) is 111 cm³/mol. The molecule has 2 aromatic rings. The minimum Gasteiger partial charge on any atom is -0.504 e. The van der Waals surface area contributed by atoms with Crippen LogP contribution in [0.3, 0.4) is 0 Å². The molecule has 28 heavy (non-hydrogen) atoms. The van der Waals surface area contributed by atoms with Gasteiger partial charge in [0.1, 0.15) is 0 Å². The normalized spacial score (nSPS) is 28.0. The lowest BCUT2D eigenvalue weighted by Gasteiger charge is -2.53. The molecule has 2 aromatic carbocycles. The lowest BCUT2D eigenvalue weighted by atomic mass is 9.66. The summed E-state index contributed by atoms with van der Waals surface area (Å²) in [7, 11) is 1.57. The lowest BCUT2D eigenvalue weighted by Crippen LogP contribution is -2.54. The molecular weight excluding hydrogens is 374 g/mol. The fourth-order valence-corrected chi connectivity index (χ4v) is 5.28. The van der Waals surface area contributed by atoms with E-state index < -0.39 is 5.60 Å². The van der Waals surface area contributed by atoms with E-state index in [2.05, 4.69) is 11.0 Å². The fraction of sp³-hybridized carbons (Fsp3) is 0.478. The van der Waals surface area contributed by atoms with Crippen LogP contribution in [0, 0.1) is 5.92 Å². The first-order chi connectivity index (χ1) is 13.5. The van der Waals surface area contributed by atoms with Gasteiger partial charge < -0.3 is 14.9 Å². The average Bonchev–Trinajstić information content (AvgIpc) is 2.70. The number of aliphatic hydroxyl groups is 1. The molecule has 1 saturated carbocycles. The summed E-state index contributed by atoms with van der Waals surface area (Å²) in [5.41, 5.74) is 1.55. The van der Waals surface area contributed by atoms with Gasteiger partial charge in [0.25, 0.3) is 0 Å². The molecule has 0 unspecified atom stereocenters. The third-order valence-electron chi connectivity index (χ3n) is 6.55. The summed E-state index contributed by atoms with van der Waals surface area (Å²) in [6.07, 6.45) is 4.88. The van der Waals surface area contributed by atoms with E-state index in [0.717, 1.165) is 61.3 Å². The molecule has 1 aliphatic carbocycles. The van der Waals surface area contributed by atoms with E-state index in [-0.39, 0.29) is 17.7 Å². The Labute approximate surface area is 171 Å². The van der Waals surface area contributed by atoms with Gasteiger partial charge in [0, 0.05) is 30.1 Å². The summed E-state index contributed by atoms with van der Waals surface area (Å²) in [5, 5.41) is 22.2. The number of phenolic OH excluding ortho intramolecular Hbond substituents is 1. The Morgan fingerprint density at radius 3 is 2.79 bits per heavy atom. The second kappa shape index (κ2) is 7.94. The van der Waals surface area contributed by atoms with Crippen molar-refractivity contribution in [1.29, 1.82) is 0 Å². The van der Waals surface area contributed by atoms with Crippen LogP contribution < -0.4 is 4.74 Å². The Morgan fingerprint density at radius 2 is 2.00 bits per heavy atom. The highest BCUT2D eigenvalue weighted by Crippen LogP contribution is 2.50. The first-order valence-electron chi connectivity index (χ1n) is 10.1. The largest absolute Gasteiger partial charge is 0.504 e. The van der Waals surface area contributed by atoms with Crippen LogP contribution in [0.1, 0.15) is 49.3 Å². The molecule has 150 valence electrons. The van der Waals surface area contributed by atoms with Crippen LogP contribution in [0.2, 0.25) is 5.02 Å². The molecule has 4 rings (SSSR count). The van der Waals surface area contributed by atoms with E-state index in [1.54, 1.807) is 13.2 Å². The number of benzene rings is 2. The Kier molecular flexibility index (Phi) is 5.55. The maximum Gasteiger partial charge on any atom is 0.160 e. The van der Waals surface area contributed by atoms with Crippen molar-refractivity contribution in [3.63, 3.8) is 0 Å². The van der Waals surface area contributed by atoms with Crippen LogP contribution in [0.25, 0.3) is 0 Å². The first kappa shape index (κ1) is 19.6. The van der Waals surface area contributed by atoms with Gasteiger partial charge in [-0.1, -0.05) is 48.7 Å². The van der Waals surface area contributed by atoms with Crippen LogP contribution in [-0.2, 0) is 6.54 Å². The molecule has 0 aromatic heterocycles. The summed E-state index contributed by atoms with van der Waals surface area (Å²) in [6, 6.07) is 13.6. The minimum absolute atomic E-state index is 0.0600. The molecule has 2 N–H and O–H groups in total. The Bertz CT molecular complexity index is 842. The van der Waals surface area contributed by atoms with Crippen molar-refractivity contribution in [1.82, 2.24) is 4.90 Å². The summed E-state index contributed by atoms with van der Waals surface area (Å²) >= 11 is 6.44. The van der Waals surface area contributed by atoms with Crippen LogP contribution in [0.5, 0.6) is 11.5 Å². The van der Waals surface area contributed by atoms with E-state index >= 15 is 0 Å². The van der Waals surface area contributed by atoms with Gasteiger partial charge in [0.2, 0.25) is 0 Å². The zero-order valence-corrected chi connectivity index (χ0v) is 17.0. The maximum absolute atomic E-state index is 11.4. The number of rotatable bonds is 4. The van der Waals surface area contributed by atoms with Gasteiger partial charge in [0.05, 0.1) is 12.7 Å². The number of phenols is 1. The van der Waals surface area contributed by atoms with E-state index in [0.29, 0.717) is 5.75 Å². The number of likely N-dealkylation sites (tertiary alicyclic amines) is 1. The lowest BCUT2D eigenvalue weighted by molar-refractivity contribution is -0.126. The van der Waals surface area contributed by atoms with E-state index in [9.17, 15) is 10.2 Å². The zero-order chi connectivity index (χ0) is 19.7. The molecule has 4 nitrogen and oxygen atoms in total. The maximum atomic E-state index is 11.4. The number of hydrogen-bond donors (Lipinski definition) is 2. The number of piperidine rings is 1. The van der Waals surface area contributed by atoms with Crippen molar-refractivity contribution >= 4 is 11.6 Å². The summed E-state index contributed by atoms with van der Waals surface area (Å²) in [6.45, 7) is 1.55. The highest BCUT2D eigenvalue weighted by molar-refractivity contribution is 6.31. The summed E-state index contributed by atoms with van der Waals surface area (Å²) in [4.78, 5) is 2.43. The van der Waals surface area contributed by atoms with Gasteiger partial charge in [-0.05, 0) is 48.6 Å². The molecular formula is C23H28ClNO3. The van der Waals surface area contributed by atoms with Crippen molar-refractivity contribution in [3.05, 3.63) is 58.6 Å². The van der Waals surface area contributed by atoms with Crippen molar-refractivity contribution < 1.29 is 14.9 Å². The Hall–Kier alpha value is -1.75. The number of fused-ring (bicyclic) bond motifs is 1. The van der Waals surface area contributed by atoms with Gasteiger partial charge >= 0.3 is 0 Å². The molecule has 0 spiro atoms. The molecule has 3 atom stereocenters. The highest BCUT2D eigenvalue weighted by atomic mass is 35.5. The molecule has 2 fully saturated rings. The van der Waals surface area contributed by atoms with Gasteiger partial charge in [-0.25, -0.2) is 0 Å². The summed E-state index contributed by atoms with van der Waals surface area (Å²) < 4.78 is 5.36. The SMILES string of the molecule is COc1cc([C@@H]2[C@@H]3CCCC[C@@]3(O)CCN2Cc2ccccc2Cl)ccc1O. The van der Waals surface area contributed by atoms with E-state index in [4.69, 9.17) is 16.3 Å². The van der Waals surface area contributed by atoms with Crippen LogP contribution in [0.15, 0.2) is 42.5 Å². The Balaban J connectivity index is 1.73. The molecule has 2 aliphatic rings. The minimum atomic E-state index is -0.620. The number of ether oxygens (including phenoxy) is 1. The number of nitrogens with zero attached hydrogens (tertiary/aromatic N) is 1. The number of aromatic hydroxyl groups is 1. The van der Waals surface area contributed by atoms with Gasteiger partial charge in [-0.2, -0.15) is 0 Å². The van der Waals surface area contributed by atoms with Crippen LogP contribution >= 0.6 is 11.6 Å². The van der Waals surface area contributed by atoms with E-state index in [1.165, 1.54) is 0 Å². The van der Waals surface area contributed by atoms with Gasteiger partial charge in [-0.3, -0.25) is 4.90 Å². The smallest absolute Gasteiger partial charge is 0.160 e. The summed E-state index contributed by atoms with van der Waals surface area (Å²) in [5.74, 6) is 0.769. The Morgan fingerprint density at radius 1 is 1.18 bits per heavy atom. The number of hydrogen-bond acceptors (Lipinski definition) is 4. The first-order valence-corrected chi connectivity index (χ1v) is 10.5. The van der Waals surface area contributed by atoms with Crippen LogP contribution in [-0.4, -0.2) is 34.4 Å². The fourth-order valence-electron chi connectivity index (χ4n) is 5.09. The predicted octanol–water partition coefficient (Wildman–Crippen LogP) is 4.92. The van der Waals surface area contributed by atoms with Crippen LogP contribution in [0.4, 0.5) is 0 Å². The van der Waals surface area contributed by atoms with E-state index in [1.807, 2.05) is 30.3 Å². The zero-order valence-electron chi connectivity index (χ0n) is 16.3. The second-order valence-electron chi connectivity index (χ2n) is 8.14. The second-order valence-corrected chi connectivity index (χ2v) is 8.55. The third-order valence-corrected chi connectivity index (χ3v) is 6.92. The highest BCUT2D eigenvalue weighted by Gasteiger charge is 2.49. The standard InChI is InChI=1S/C23H28ClNO3/c1-28-21-14-16(9-10-20(21)26)22-18-7-4-5-11-23(18,27)12-13-25(22)15-17-6-2-3-8-19(17)24/h2-3,6,8-10,14,18,22,26-27H,4-5,7,11-13,15H2,1H3/t18-,22+,23+/m0/s1.